The Balaban J connectivity index is 0.00000119. The number of carboxylic acids is 2. The van der Waals surface area contributed by atoms with Gasteiger partial charge in [-0.05, 0) is 47.9 Å². The van der Waals surface area contributed by atoms with E-state index in [0.717, 1.165) is 46.4 Å². The van der Waals surface area contributed by atoms with E-state index in [4.69, 9.17) is 19.7 Å². The molecule has 58 heavy (non-hydrogen) atoms. The lowest BCUT2D eigenvalue weighted by molar-refractivity contribution is -0.148. The van der Waals surface area contributed by atoms with Crippen LogP contribution in [0.1, 0.15) is 88.7 Å². The van der Waals surface area contributed by atoms with Crippen molar-refractivity contribution in [1.82, 2.24) is 25.3 Å². The van der Waals surface area contributed by atoms with Crippen molar-refractivity contribution in [2.45, 2.75) is 83.7 Å². The van der Waals surface area contributed by atoms with Crippen LogP contribution in [0.4, 0.5) is 0 Å². The third-order valence-electron chi connectivity index (χ3n) is 9.49. The number of unbranched alkanes of at least 4 members (excludes halogenated alkanes) is 9. The van der Waals surface area contributed by atoms with Crippen LogP contribution in [0, 0.1) is 0 Å². The Labute approximate surface area is 338 Å². The number of nitrogens with zero attached hydrogens (tertiary/aromatic N) is 3. The zero-order chi connectivity index (χ0) is 41.0. The minimum atomic E-state index is -1.06. The maximum Gasteiger partial charge on any atom is 0.348 e. The number of benzene rings is 3. The molecular formula is C45H52N6O7. The van der Waals surface area contributed by atoms with E-state index in [-0.39, 0.29) is 12.3 Å². The number of H-pyrrole nitrogens is 2. The Morgan fingerprint density at radius 1 is 0.828 bits per heavy atom. The first-order valence-corrected chi connectivity index (χ1v) is 19.9. The van der Waals surface area contributed by atoms with Crippen molar-refractivity contribution in [3.05, 3.63) is 109 Å². The van der Waals surface area contributed by atoms with Crippen molar-refractivity contribution in [2.75, 3.05) is 13.2 Å². The molecule has 3 heterocycles. The number of imidazole rings is 2. The van der Waals surface area contributed by atoms with Gasteiger partial charge in [0, 0.05) is 48.1 Å². The van der Waals surface area contributed by atoms with Crippen LogP contribution < -0.4 is 10.1 Å². The summed E-state index contributed by atoms with van der Waals surface area (Å²) in [7, 11) is 0. The van der Waals surface area contributed by atoms with Crippen LogP contribution >= 0.6 is 0 Å². The number of oxime groups is 1. The number of carbonyl (C=O) groups is 3. The molecule has 0 aliphatic carbocycles. The zero-order valence-electron chi connectivity index (χ0n) is 32.9. The molecule has 13 heteroatoms. The summed E-state index contributed by atoms with van der Waals surface area (Å²) in [6.07, 6.45) is 20.2. The molecule has 304 valence electrons. The van der Waals surface area contributed by atoms with Gasteiger partial charge < -0.3 is 35.1 Å². The van der Waals surface area contributed by atoms with Crippen LogP contribution in [0.5, 0.6) is 5.75 Å². The Morgan fingerprint density at radius 2 is 1.47 bits per heavy atom. The molecule has 2 aromatic heterocycles. The van der Waals surface area contributed by atoms with Gasteiger partial charge in [-0.1, -0.05) is 118 Å². The molecule has 0 bridgehead atoms. The molecule has 1 unspecified atom stereocenters. The third-order valence-corrected chi connectivity index (χ3v) is 9.49. The highest BCUT2D eigenvalue weighted by Gasteiger charge is 2.28. The monoisotopic (exact) mass is 788 g/mol. The fraction of sp³-hybridized carbons (Fsp3) is 0.333. The summed E-state index contributed by atoms with van der Waals surface area (Å²) in [5.41, 5.74) is 6.13. The van der Waals surface area contributed by atoms with Crippen molar-refractivity contribution < 1.29 is 34.2 Å². The molecule has 1 atom stereocenters. The Kier molecular flexibility index (Phi) is 16.8. The highest BCUT2D eigenvalue weighted by Crippen LogP contribution is 2.34. The summed E-state index contributed by atoms with van der Waals surface area (Å²) in [5, 5.41) is 25.1. The van der Waals surface area contributed by atoms with Crippen molar-refractivity contribution in [2.24, 2.45) is 5.16 Å². The fourth-order valence-corrected chi connectivity index (χ4v) is 6.31. The van der Waals surface area contributed by atoms with E-state index < -0.39 is 24.6 Å². The molecule has 5 N–H and O–H groups in total. The zero-order valence-corrected chi connectivity index (χ0v) is 32.9. The number of amides is 1. The number of aromatic amines is 2. The number of nitrogens with one attached hydrogen (secondary N) is 3. The molecule has 0 spiro atoms. The van der Waals surface area contributed by atoms with Crippen LogP contribution in [0.3, 0.4) is 0 Å². The van der Waals surface area contributed by atoms with Gasteiger partial charge in [0.15, 0.2) is 6.61 Å². The molecule has 0 saturated carbocycles. The van der Waals surface area contributed by atoms with Crippen LogP contribution in [-0.4, -0.2) is 73.0 Å². The van der Waals surface area contributed by atoms with Gasteiger partial charge in [0.25, 0.3) is 0 Å². The van der Waals surface area contributed by atoms with Gasteiger partial charge in [-0.15, -0.1) is 0 Å². The lowest BCUT2D eigenvalue weighted by atomic mass is 10.0. The quantitative estimate of drug-likeness (QED) is 0.0357. The summed E-state index contributed by atoms with van der Waals surface area (Å²) < 4.78 is 5.32. The number of aromatic nitrogens is 4. The summed E-state index contributed by atoms with van der Waals surface area (Å²) in [6, 6.07) is 22.4. The lowest BCUT2D eigenvalue weighted by Crippen LogP contribution is -2.21. The maximum absolute atomic E-state index is 12.5. The average molecular weight is 789 g/mol. The van der Waals surface area contributed by atoms with Crippen LogP contribution in [-0.2, 0) is 19.2 Å². The highest BCUT2D eigenvalue weighted by atomic mass is 16.7. The summed E-state index contributed by atoms with van der Waals surface area (Å²) >= 11 is 0. The van der Waals surface area contributed by atoms with Gasteiger partial charge in [-0.3, -0.25) is 4.79 Å². The van der Waals surface area contributed by atoms with E-state index in [0.29, 0.717) is 29.5 Å². The predicted octanol–water partition coefficient (Wildman–Crippen LogP) is 8.91. The van der Waals surface area contributed by atoms with Crippen LogP contribution in [0.25, 0.3) is 40.0 Å². The van der Waals surface area contributed by atoms with E-state index in [9.17, 15) is 19.5 Å². The molecule has 1 amide bonds. The number of aliphatic carboxylic acids is 2. The fourth-order valence-electron chi connectivity index (χ4n) is 6.31. The van der Waals surface area contributed by atoms with Gasteiger partial charge in [0.2, 0.25) is 12.0 Å². The number of rotatable bonds is 21. The molecule has 13 nitrogen and oxygen atoms in total. The molecular weight excluding hydrogens is 737 g/mol. The molecule has 3 aromatic carbocycles. The van der Waals surface area contributed by atoms with Gasteiger partial charge in [-0.25, -0.2) is 19.6 Å². The van der Waals surface area contributed by atoms with E-state index >= 15 is 0 Å². The third kappa shape index (κ3) is 13.6. The van der Waals surface area contributed by atoms with E-state index in [1.54, 1.807) is 43.0 Å². The van der Waals surface area contributed by atoms with Gasteiger partial charge in [0.05, 0.1) is 23.4 Å². The van der Waals surface area contributed by atoms with Crippen LogP contribution in [0.2, 0.25) is 0 Å². The topological polar surface area (TPSA) is 192 Å². The number of carbonyl (C=O) groups excluding carboxylic acids is 1. The molecule has 0 saturated heterocycles. The predicted molar refractivity (Wildman–Crippen MR) is 224 cm³/mol. The van der Waals surface area contributed by atoms with Crippen molar-refractivity contribution in [1.29, 1.82) is 0 Å². The number of hydrogen-bond donors (Lipinski definition) is 5. The lowest BCUT2D eigenvalue weighted by Gasteiger charge is -2.06. The average Bonchev–Trinajstić information content (AvgIpc) is 4.06. The summed E-state index contributed by atoms with van der Waals surface area (Å²) in [4.78, 5) is 54.6. The Hall–Kier alpha value is -6.50. The number of ether oxygens (including phenoxy) is 1. The minimum absolute atomic E-state index is 0.110. The first-order chi connectivity index (χ1) is 28.3. The number of hydrogen-bond acceptors (Lipinski definition) is 8. The van der Waals surface area contributed by atoms with Gasteiger partial charge in [0.1, 0.15) is 11.6 Å². The van der Waals surface area contributed by atoms with Crippen molar-refractivity contribution >= 4 is 29.6 Å². The first-order valence-electron chi connectivity index (χ1n) is 19.9. The molecule has 5 aromatic rings. The van der Waals surface area contributed by atoms with Crippen molar-refractivity contribution in [3.8, 4) is 39.7 Å². The van der Waals surface area contributed by atoms with Crippen LogP contribution in [0.15, 0.2) is 103 Å². The van der Waals surface area contributed by atoms with E-state index in [2.05, 4.69) is 32.3 Å². The molecule has 0 fully saturated rings. The molecule has 1 aliphatic heterocycles. The first kappa shape index (κ1) is 42.6. The smallest absolute Gasteiger partial charge is 0.348 e. The number of carboxylic acid groups (broad SMARTS) is 2. The van der Waals surface area contributed by atoms with E-state index in [1.807, 2.05) is 60.7 Å². The van der Waals surface area contributed by atoms with Gasteiger partial charge >= 0.3 is 11.9 Å². The van der Waals surface area contributed by atoms with Gasteiger partial charge in [-0.2, -0.15) is 0 Å². The minimum Gasteiger partial charge on any atom is -0.482 e. The molecule has 6 rings (SSSR count). The molecule has 0 radical (unpaired) electrons. The summed E-state index contributed by atoms with van der Waals surface area (Å²) in [5.74, 6) is -1.18. The largest absolute Gasteiger partial charge is 0.482 e. The second kappa shape index (κ2) is 22.9. The Bertz CT molecular complexity index is 2060. The maximum atomic E-state index is 12.5. The second-order valence-electron chi connectivity index (χ2n) is 14.0. The normalized spacial score (nSPS) is 13.3. The molecule has 1 aliphatic rings. The standard InChI is InChI=1S/C42H48N4O7.C3H4N2/c1-2-3-4-5-6-7-8-9-10-11-26-43-37(47)25-14-29-12-15-31(16-13-29)39-40(32-21-23-34(24-22-32)52-28-38(48)49)45-41(44-39)33-19-17-30(18-20-33)35-27-36(42(50)51)53-46-35;1-2-5-3-4-1/h12-25,36H,2-11,26-28H2,1H3,(H,43,47)(H,44,45)(H,48,49)(H,50,51);1-3H,(H,4,5)/b25-14+;. The van der Waals surface area contributed by atoms with E-state index in [1.165, 1.54) is 51.4 Å². The highest BCUT2D eigenvalue weighted by molar-refractivity contribution is 6.03. The second-order valence-corrected chi connectivity index (χ2v) is 14.0. The summed E-state index contributed by atoms with van der Waals surface area (Å²) in [6.45, 7) is 2.48. The SMILES string of the molecule is CCCCCCCCCCCCNC(=O)/C=C/c1ccc(-c2[nH]c(-c3ccc(C4=NOC(C(=O)O)C4)cc3)nc2-c2ccc(OCC(=O)O)cc2)cc1.c1c[nH]cn1. The van der Waals surface area contributed by atoms with Crippen molar-refractivity contribution in [3.63, 3.8) is 0 Å². The Morgan fingerprint density at radius 3 is 2.05 bits per heavy atom.